The van der Waals surface area contributed by atoms with Crippen LogP contribution in [0, 0.1) is 0 Å². The maximum Gasteiger partial charge on any atom is 0.262 e. The first kappa shape index (κ1) is 13.1. The molecule has 0 aliphatic carbocycles. The lowest BCUT2D eigenvalue weighted by molar-refractivity contribution is -0.118. The van der Waals surface area contributed by atoms with Crippen molar-refractivity contribution < 1.29 is 9.53 Å². The van der Waals surface area contributed by atoms with Crippen molar-refractivity contribution in [3.8, 4) is 5.75 Å². The van der Waals surface area contributed by atoms with Crippen LogP contribution in [0.25, 0.3) is 0 Å². The maximum absolute atomic E-state index is 11.3. The summed E-state index contributed by atoms with van der Waals surface area (Å²) in [6.45, 7) is 2.90. The highest BCUT2D eigenvalue weighted by Crippen LogP contribution is 2.30. The summed E-state index contributed by atoms with van der Waals surface area (Å²) in [4.78, 5) is 15.6. The summed E-state index contributed by atoms with van der Waals surface area (Å²) < 4.78 is 5.35. The van der Waals surface area contributed by atoms with Crippen LogP contribution < -0.4 is 15.4 Å². The Morgan fingerprint density at radius 3 is 3.25 bits per heavy atom. The molecule has 0 saturated heterocycles. The van der Waals surface area contributed by atoms with Crippen LogP contribution in [0.2, 0.25) is 0 Å². The van der Waals surface area contributed by atoms with E-state index < -0.39 is 0 Å². The number of hydrogen-bond donors (Lipinski definition) is 2. The molecule has 0 saturated carbocycles. The zero-order chi connectivity index (χ0) is 13.9. The van der Waals surface area contributed by atoms with Gasteiger partial charge in [0.05, 0.1) is 16.9 Å². The smallest absolute Gasteiger partial charge is 0.262 e. The average molecular weight is 289 g/mol. The van der Waals surface area contributed by atoms with E-state index in [2.05, 4.69) is 22.5 Å². The number of aromatic nitrogens is 1. The monoisotopic (exact) mass is 289 g/mol. The first-order chi connectivity index (χ1) is 9.72. The average Bonchev–Trinajstić information content (AvgIpc) is 2.97. The molecule has 3 rings (SSSR count). The van der Waals surface area contributed by atoms with Gasteiger partial charge in [-0.15, -0.1) is 11.3 Å². The predicted octanol–water partition coefficient (Wildman–Crippen LogP) is 2.32. The number of fused-ring (bicyclic) bond motifs is 1. The minimum atomic E-state index is -0.113. The van der Waals surface area contributed by atoms with Crippen molar-refractivity contribution in [3.63, 3.8) is 0 Å². The topological polar surface area (TPSA) is 63.2 Å². The molecular formula is C14H15N3O2S. The minimum Gasteiger partial charge on any atom is -0.482 e. The Kier molecular flexibility index (Phi) is 3.66. The van der Waals surface area contributed by atoms with Gasteiger partial charge in [-0.05, 0) is 24.6 Å². The van der Waals surface area contributed by atoms with Crippen molar-refractivity contribution in [1.82, 2.24) is 10.3 Å². The van der Waals surface area contributed by atoms with E-state index in [-0.39, 0.29) is 18.6 Å². The highest BCUT2D eigenvalue weighted by molar-refractivity contribution is 7.07. The fraction of sp³-hybridized carbons (Fsp3) is 0.286. The summed E-state index contributed by atoms with van der Waals surface area (Å²) in [5.41, 5.74) is 4.70. The molecule has 5 nitrogen and oxygen atoms in total. The second-order valence-corrected chi connectivity index (χ2v) is 5.39. The largest absolute Gasteiger partial charge is 0.482 e. The third kappa shape index (κ3) is 2.81. The number of nitrogens with zero attached hydrogens (tertiary/aromatic N) is 1. The standard InChI is InChI=1S/C14H15N3O2S/c1-9(15-5-11-7-20-8-16-11)10-2-3-13-12(4-10)17-14(18)6-19-13/h2-4,7-9,15H,5-6H2,1H3,(H,17,18). The lowest BCUT2D eigenvalue weighted by Gasteiger charge is -2.20. The number of nitrogens with one attached hydrogen (secondary N) is 2. The molecule has 20 heavy (non-hydrogen) atoms. The van der Waals surface area contributed by atoms with Gasteiger partial charge in [-0.25, -0.2) is 4.98 Å². The molecule has 1 atom stereocenters. The Morgan fingerprint density at radius 1 is 1.55 bits per heavy atom. The Hall–Kier alpha value is -1.92. The molecule has 1 aliphatic heterocycles. The van der Waals surface area contributed by atoms with Gasteiger partial charge in [0.15, 0.2) is 6.61 Å². The predicted molar refractivity (Wildman–Crippen MR) is 77.9 cm³/mol. The van der Waals surface area contributed by atoms with Crippen LogP contribution in [0.4, 0.5) is 5.69 Å². The Morgan fingerprint density at radius 2 is 2.45 bits per heavy atom. The van der Waals surface area contributed by atoms with Crippen LogP contribution in [0.15, 0.2) is 29.1 Å². The molecule has 1 aromatic heterocycles. The molecule has 0 bridgehead atoms. The Bertz CT molecular complexity index is 613. The van der Waals surface area contributed by atoms with Gasteiger partial charge < -0.3 is 15.4 Å². The number of benzene rings is 1. The highest BCUT2D eigenvalue weighted by atomic mass is 32.1. The number of anilines is 1. The van der Waals surface area contributed by atoms with E-state index in [1.54, 1.807) is 11.3 Å². The second kappa shape index (κ2) is 5.60. The van der Waals surface area contributed by atoms with Gasteiger partial charge in [0.25, 0.3) is 5.91 Å². The summed E-state index contributed by atoms with van der Waals surface area (Å²) in [6, 6.07) is 6.02. The summed E-state index contributed by atoms with van der Waals surface area (Å²) in [6.07, 6.45) is 0. The van der Waals surface area contributed by atoms with Gasteiger partial charge in [-0.2, -0.15) is 0 Å². The number of carbonyl (C=O) groups is 1. The normalized spacial score (nSPS) is 15.2. The van der Waals surface area contributed by atoms with Crippen LogP contribution in [0.3, 0.4) is 0 Å². The van der Waals surface area contributed by atoms with Gasteiger partial charge in [0.1, 0.15) is 5.75 Å². The molecule has 104 valence electrons. The first-order valence-corrected chi connectivity index (χ1v) is 7.34. The van der Waals surface area contributed by atoms with E-state index in [0.717, 1.165) is 29.2 Å². The second-order valence-electron chi connectivity index (χ2n) is 4.67. The van der Waals surface area contributed by atoms with Crippen LogP contribution in [-0.4, -0.2) is 17.5 Å². The molecule has 0 radical (unpaired) electrons. The van der Waals surface area contributed by atoms with Gasteiger partial charge >= 0.3 is 0 Å². The zero-order valence-electron chi connectivity index (χ0n) is 11.1. The summed E-state index contributed by atoms with van der Waals surface area (Å²) in [5.74, 6) is 0.609. The molecule has 6 heteroatoms. The Labute approximate surface area is 121 Å². The molecule has 1 aromatic carbocycles. The number of ether oxygens (including phenoxy) is 1. The molecule has 2 heterocycles. The number of hydrogen-bond acceptors (Lipinski definition) is 5. The third-order valence-corrected chi connectivity index (χ3v) is 3.84. The van der Waals surface area contributed by atoms with E-state index in [4.69, 9.17) is 4.74 Å². The summed E-state index contributed by atoms with van der Waals surface area (Å²) in [5, 5.41) is 8.26. The Balaban J connectivity index is 1.70. The van der Waals surface area contributed by atoms with Crippen molar-refractivity contribution in [1.29, 1.82) is 0 Å². The molecule has 2 N–H and O–H groups in total. The molecule has 1 amide bonds. The fourth-order valence-electron chi connectivity index (χ4n) is 2.07. The first-order valence-electron chi connectivity index (χ1n) is 6.39. The van der Waals surface area contributed by atoms with Crippen LogP contribution in [0.5, 0.6) is 5.75 Å². The van der Waals surface area contributed by atoms with Crippen LogP contribution in [-0.2, 0) is 11.3 Å². The molecule has 1 aliphatic rings. The molecule has 1 unspecified atom stereocenters. The van der Waals surface area contributed by atoms with Gasteiger partial charge in [-0.1, -0.05) is 6.07 Å². The van der Waals surface area contributed by atoms with Gasteiger partial charge in [0, 0.05) is 18.0 Å². The molecule has 0 spiro atoms. The van der Waals surface area contributed by atoms with E-state index in [1.807, 2.05) is 29.1 Å². The van der Waals surface area contributed by atoms with E-state index in [0.29, 0.717) is 0 Å². The lowest BCUT2D eigenvalue weighted by atomic mass is 10.1. The quantitative estimate of drug-likeness (QED) is 0.906. The maximum atomic E-state index is 11.3. The summed E-state index contributed by atoms with van der Waals surface area (Å²) >= 11 is 1.59. The van der Waals surface area contributed by atoms with Crippen LogP contribution in [0.1, 0.15) is 24.2 Å². The molecular weight excluding hydrogens is 274 g/mol. The molecule has 2 aromatic rings. The summed E-state index contributed by atoms with van der Waals surface area (Å²) in [7, 11) is 0. The fourth-order valence-corrected chi connectivity index (χ4v) is 2.63. The number of amides is 1. The molecule has 0 fully saturated rings. The van der Waals surface area contributed by atoms with Crippen LogP contribution >= 0.6 is 11.3 Å². The van der Waals surface area contributed by atoms with E-state index in [1.165, 1.54) is 0 Å². The highest BCUT2D eigenvalue weighted by Gasteiger charge is 2.17. The number of rotatable bonds is 4. The SMILES string of the molecule is CC(NCc1cscn1)c1ccc2c(c1)NC(=O)CO2. The third-order valence-electron chi connectivity index (χ3n) is 3.21. The van der Waals surface area contributed by atoms with Crippen molar-refractivity contribution in [2.75, 3.05) is 11.9 Å². The lowest BCUT2D eigenvalue weighted by Crippen LogP contribution is -2.26. The van der Waals surface area contributed by atoms with E-state index in [9.17, 15) is 4.79 Å². The number of carbonyl (C=O) groups excluding carboxylic acids is 1. The zero-order valence-corrected chi connectivity index (χ0v) is 11.9. The van der Waals surface area contributed by atoms with E-state index >= 15 is 0 Å². The van der Waals surface area contributed by atoms with Crippen molar-refractivity contribution in [2.24, 2.45) is 0 Å². The van der Waals surface area contributed by atoms with Crippen molar-refractivity contribution in [3.05, 3.63) is 40.3 Å². The number of thiazole rings is 1. The van der Waals surface area contributed by atoms with Gasteiger partial charge in [-0.3, -0.25) is 4.79 Å². The van der Waals surface area contributed by atoms with Crippen molar-refractivity contribution >= 4 is 22.9 Å². The minimum absolute atomic E-state index is 0.0873. The van der Waals surface area contributed by atoms with Gasteiger partial charge in [0.2, 0.25) is 0 Å². The van der Waals surface area contributed by atoms with Crippen molar-refractivity contribution in [2.45, 2.75) is 19.5 Å².